The van der Waals surface area contributed by atoms with Gasteiger partial charge in [0.1, 0.15) is 0 Å². The zero-order valence-electron chi connectivity index (χ0n) is 20.8. The van der Waals surface area contributed by atoms with Gasteiger partial charge in [-0.05, 0) is 81.0 Å². The Morgan fingerprint density at radius 3 is 2.25 bits per heavy atom. The van der Waals surface area contributed by atoms with E-state index < -0.39 is 0 Å². The maximum absolute atomic E-state index is 4.25. The number of hydrogen-bond acceptors (Lipinski definition) is 2. The monoisotopic (exact) mass is 426 g/mol. The van der Waals surface area contributed by atoms with Crippen LogP contribution in [0.25, 0.3) is 5.70 Å². The molecule has 1 N–H and O–H groups in total. The van der Waals surface area contributed by atoms with Crippen molar-refractivity contribution < 1.29 is 0 Å². The smallest absolute Gasteiger partial charge is 0.0385 e. The molecule has 0 amide bonds. The molecule has 0 atom stereocenters. The van der Waals surface area contributed by atoms with Gasteiger partial charge < -0.3 is 5.32 Å². The van der Waals surface area contributed by atoms with Crippen molar-refractivity contribution in [3.8, 4) is 0 Å². The summed E-state index contributed by atoms with van der Waals surface area (Å²) in [5.41, 5.74) is 11.0. The Morgan fingerprint density at radius 2 is 1.69 bits per heavy atom. The minimum atomic E-state index is 0.863. The molecule has 0 aliphatic rings. The molecule has 0 aliphatic carbocycles. The lowest BCUT2D eigenvalue weighted by molar-refractivity contribution is 1.07. The van der Waals surface area contributed by atoms with Crippen LogP contribution in [0.5, 0.6) is 0 Å². The van der Waals surface area contributed by atoms with Gasteiger partial charge in [-0.25, -0.2) is 0 Å². The van der Waals surface area contributed by atoms with Crippen LogP contribution in [0.2, 0.25) is 0 Å². The average molecular weight is 427 g/mol. The van der Waals surface area contributed by atoms with E-state index >= 15 is 0 Å². The standard InChI is InChI=1S/C30H38N2/c1-11-14-28(17-21(3)4)23(6)19-27(12-2)22(5)18-24(7)32-26(9)30-16-13-15-29(20-31-10)25(30)8/h11-20,32H,1-2,9H2,3-8,10H3/b23-19+,24-18+,27-22+,28-14+,31-20?. The third-order valence-corrected chi connectivity index (χ3v) is 4.99. The van der Waals surface area contributed by atoms with Crippen LogP contribution in [0.1, 0.15) is 51.3 Å². The molecule has 0 saturated heterocycles. The summed E-state index contributed by atoms with van der Waals surface area (Å²) in [5, 5.41) is 3.44. The van der Waals surface area contributed by atoms with E-state index in [4.69, 9.17) is 0 Å². The van der Waals surface area contributed by atoms with Crippen LogP contribution >= 0.6 is 0 Å². The molecular formula is C30H38N2. The van der Waals surface area contributed by atoms with Crippen molar-refractivity contribution in [3.63, 3.8) is 0 Å². The summed E-state index contributed by atoms with van der Waals surface area (Å²) < 4.78 is 0. The first-order valence-electron chi connectivity index (χ1n) is 10.8. The molecule has 0 fully saturated rings. The maximum Gasteiger partial charge on any atom is 0.0385 e. The van der Waals surface area contributed by atoms with Crippen molar-refractivity contribution in [3.05, 3.63) is 125 Å². The number of hydrogen-bond donors (Lipinski definition) is 1. The van der Waals surface area contributed by atoms with E-state index in [9.17, 15) is 0 Å². The highest BCUT2D eigenvalue weighted by molar-refractivity contribution is 5.84. The average Bonchev–Trinajstić information content (AvgIpc) is 2.72. The Hall–Kier alpha value is -3.39. The lowest BCUT2D eigenvalue weighted by atomic mass is 9.99. The van der Waals surface area contributed by atoms with Gasteiger partial charge in [0.25, 0.3) is 0 Å². The highest BCUT2D eigenvalue weighted by atomic mass is 14.9. The maximum atomic E-state index is 4.25. The molecule has 0 heterocycles. The first kappa shape index (κ1) is 26.6. The number of rotatable bonds is 10. The molecular weight excluding hydrogens is 388 g/mol. The molecule has 2 nitrogen and oxygen atoms in total. The number of aliphatic imine (C=N–C) groups is 1. The topological polar surface area (TPSA) is 24.4 Å². The lowest BCUT2D eigenvalue weighted by Gasteiger charge is -2.14. The fourth-order valence-electron chi connectivity index (χ4n) is 3.39. The van der Waals surface area contributed by atoms with E-state index in [2.05, 4.69) is 95.0 Å². The molecule has 1 aromatic rings. The Balaban J connectivity index is 3.22. The third-order valence-electron chi connectivity index (χ3n) is 4.99. The normalized spacial score (nSPS) is 13.5. The predicted octanol–water partition coefficient (Wildman–Crippen LogP) is 8.04. The van der Waals surface area contributed by atoms with Crippen LogP contribution in [-0.4, -0.2) is 13.3 Å². The van der Waals surface area contributed by atoms with Crippen molar-refractivity contribution in [1.82, 2.24) is 5.32 Å². The zero-order chi connectivity index (χ0) is 24.3. The summed E-state index contributed by atoms with van der Waals surface area (Å²) in [6.07, 6.45) is 14.1. The second-order valence-corrected chi connectivity index (χ2v) is 8.09. The van der Waals surface area contributed by atoms with Gasteiger partial charge in [0, 0.05) is 30.2 Å². The Kier molecular flexibility index (Phi) is 10.9. The minimum absolute atomic E-state index is 0.863. The van der Waals surface area contributed by atoms with Gasteiger partial charge in [-0.1, -0.05) is 73.9 Å². The first-order valence-corrected chi connectivity index (χ1v) is 10.8. The number of allylic oxidation sites excluding steroid dienone is 12. The molecule has 0 saturated carbocycles. The van der Waals surface area contributed by atoms with Crippen LogP contribution in [0.4, 0.5) is 0 Å². The SMILES string of the molecule is C=C/C=C(C=C(C)C)/C(C)=C/C(C=C)=C(C)/C=C(\C)NC(=C)c1cccc(C=NC)c1C. The Morgan fingerprint density at radius 1 is 1.00 bits per heavy atom. The van der Waals surface area contributed by atoms with Gasteiger partial charge in [-0.2, -0.15) is 0 Å². The summed E-state index contributed by atoms with van der Waals surface area (Å²) in [4.78, 5) is 4.14. The van der Waals surface area contributed by atoms with Crippen molar-refractivity contribution in [2.75, 3.05) is 7.05 Å². The van der Waals surface area contributed by atoms with Crippen LogP contribution < -0.4 is 5.32 Å². The van der Waals surface area contributed by atoms with Crippen molar-refractivity contribution >= 4 is 11.9 Å². The molecule has 1 rings (SSSR count). The summed E-state index contributed by atoms with van der Waals surface area (Å²) in [7, 11) is 1.78. The van der Waals surface area contributed by atoms with Gasteiger partial charge >= 0.3 is 0 Å². The van der Waals surface area contributed by atoms with Crippen LogP contribution in [0.15, 0.2) is 113 Å². The second-order valence-electron chi connectivity index (χ2n) is 8.09. The highest BCUT2D eigenvalue weighted by Gasteiger charge is 2.07. The Labute approximate surface area is 195 Å². The first-order chi connectivity index (χ1) is 15.1. The summed E-state index contributed by atoms with van der Waals surface area (Å²) in [6.45, 7) is 24.6. The molecule has 0 radical (unpaired) electrons. The largest absolute Gasteiger partial charge is 0.359 e. The zero-order valence-corrected chi connectivity index (χ0v) is 20.8. The van der Waals surface area contributed by atoms with Gasteiger partial charge in [0.15, 0.2) is 0 Å². The van der Waals surface area contributed by atoms with E-state index in [0.717, 1.165) is 50.4 Å². The van der Waals surface area contributed by atoms with E-state index in [1.54, 1.807) is 7.05 Å². The van der Waals surface area contributed by atoms with E-state index in [0.29, 0.717) is 0 Å². The molecule has 32 heavy (non-hydrogen) atoms. The van der Waals surface area contributed by atoms with E-state index in [-0.39, 0.29) is 0 Å². The third kappa shape index (κ3) is 8.03. The molecule has 0 spiro atoms. The van der Waals surface area contributed by atoms with Crippen LogP contribution in [0.3, 0.4) is 0 Å². The lowest BCUT2D eigenvalue weighted by Crippen LogP contribution is -2.10. The molecule has 1 aromatic carbocycles. The summed E-state index contributed by atoms with van der Waals surface area (Å²) >= 11 is 0. The fraction of sp³-hybridized carbons (Fsp3) is 0.233. The quantitative estimate of drug-likeness (QED) is 0.297. The summed E-state index contributed by atoms with van der Waals surface area (Å²) in [6, 6.07) is 6.16. The fourth-order valence-corrected chi connectivity index (χ4v) is 3.39. The second kappa shape index (κ2) is 13.1. The van der Waals surface area contributed by atoms with Gasteiger partial charge in [0.05, 0.1) is 0 Å². The van der Waals surface area contributed by atoms with Gasteiger partial charge in [-0.15, -0.1) is 0 Å². The highest BCUT2D eigenvalue weighted by Crippen LogP contribution is 2.21. The molecule has 0 aromatic heterocycles. The van der Waals surface area contributed by atoms with E-state index in [1.165, 1.54) is 5.57 Å². The number of benzene rings is 1. The number of nitrogens with zero attached hydrogens (tertiary/aromatic N) is 1. The van der Waals surface area contributed by atoms with Crippen molar-refractivity contribution in [2.24, 2.45) is 4.99 Å². The van der Waals surface area contributed by atoms with Crippen LogP contribution in [-0.2, 0) is 0 Å². The molecule has 2 heteroatoms. The predicted molar refractivity (Wildman–Crippen MR) is 145 cm³/mol. The van der Waals surface area contributed by atoms with E-state index in [1.807, 2.05) is 37.4 Å². The van der Waals surface area contributed by atoms with Crippen molar-refractivity contribution in [2.45, 2.75) is 41.5 Å². The van der Waals surface area contributed by atoms with Crippen LogP contribution in [0, 0.1) is 6.92 Å². The molecule has 168 valence electrons. The Bertz CT molecular complexity index is 1050. The molecule has 0 aliphatic heterocycles. The van der Waals surface area contributed by atoms with Gasteiger partial charge in [0.2, 0.25) is 0 Å². The van der Waals surface area contributed by atoms with Crippen molar-refractivity contribution in [1.29, 1.82) is 0 Å². The minimum Gasteiger partial charge on any atom is -0.359 e. The number of nitrogens with one attached hydrogen (secondary N) is 1. The van der Waals surface area contributed by atoms with Gasteiger partial charge in [-0.3, -0.25) is 4.99 Å². The summed E-state index contributed by atoms with van der Waals surface area (Å²) in [5.74, 6) is 0. The molecule has 0 bridgehead atoms. The molecule has 0 unspecified atom stereocenters.